The molecule has 4 rings (SSSR count). The number of nitrogens with zero attached hydrogens (tertiary/aromatic N) is 3. The van der Waals surface area contributed by atoms with Crippen LogP contribution in [0.25, 0.3) is 0 Å². The lowest BCUT2D eigenvalue weighted by molar-refractivity contribution is -0.137. The Hall–Kier alpha value is -4.13. The van der Waals surface area contributed by atoms with E-state index in [9.17, 15) is 27.9 Å². The number of amides is 2. The quantitative estimate of drug-likeness (QED) is 0.216. The van der Waals surface area contributed by atoms with Crippen LogP contribution in [0.1, 0.15) is 48.2 Å². The van der Waals surface area contributed by atoms with Gasteiger partial charge >= 0.3 is 6.18 Å². The monoisotopic (exact) mass is 611 g/mol. The zero-order chi connectivity index (χ0) is 31.0. The number of aliphatic hydroxyl groups excluding tert-OH is 1. The Labute approximate surface area is 251 Å². The molecule has 0 bridgehead atoms. The largest absolute Gasteiger partial charge is 0.416 e. The molecule has 12 heteroatoms. The molecule has 0 fully saturated rings. The third kappa shape index (κ3) is 9.18. The normalized spacial score (nSPS) is 12.9. The molecule has 2 amide bonds. The van der Waals surface area contributed by atoms with E-state index in [1.165, 1.54) is 22.3 Å². The van der Waals surface area contributed by atoms with Gasteiger partial charge in [-0.25, -0.2) is 4.98 Å². The second-order valence-corrected chi connectivity index (χ2v) is 11.1. The van der Waals surface area contributed by atoms with Gasteiger partial charge in [0.05, 0.1) is 29.9 Å². The second-order valence-electron chi connectivity index (χ2n) is 10.1. The molecule has 0 saturated heterocycles. The third-order valence-corrected chi connectivity index (χ3v) is 7.59. The second kappa shape index (κ2) is 14.4. The van der Waals surface area contributed by atoms with Crippen molar-refractivity contribution in [3.8, 4) is 0 Å². The van der Waals surface area contributed by atoms with Crippen molar-refractivity contribution in [2.75, 3.05) is 13.6 Å². The molecular weight excluding hydrogens is 579 g/mol. The summed E-state index contributed by atoms with van der Waals surface area (Å²) in [5.41, 5.74) is 1.69. The van der Waals surface area contributed by atoms with Gasteiger partial charge in [0.1, 0.15) is 5.01 Å². The maximum atomic E-state index is 13.3. The summed E-state index contributed by atoms with van der Waals surface area (Å²) in [5.74, 6) is -0.747. The van der Waals surface area contributed by atoms with Crippen LogP contribution in [0.15, 0.2) is 78.3 Å². The van der Waals surface area contributed by atoms with E-state index in [1.807, 2.05) is 42.6 Å². The maximum Gasteiger partial charge on any atom is 0.416 e. The van der Waals surface area contributed by atoms with Crippen molar-refractivity contribution in [1.82, 2.24) is 25.5 Å². The third-order valence-electron chi connectivity index (χ3n) is 6.64. The predicted molar refractivity (Wildman–Crippen MR) is 157 cm³/mol. The number of nitrogens with one attached hydrogen (secondary N) is 2. The number of aliphatic hydroxyl groups is 1. The first-order valence-corrected chi connectivity index (χ1v) is 14.4. The zero-order valence-electron chi connectivity index (χ0n) is 23.6. The molecule has 0 radical (unpaired) electrons. The lowest BCUT2D eigenvalue weighted by Gasteiger charge is -2.25. The lowest BCUT2D eigenvalue weighted by Crippen LogP contribution is -2.48. The summed E-state index contributed by atoms with van der Waals surface area (Å²) in [6.07, 6.45) is -4.19. The van der Waals surface area contributed by atoms with E-state index in [0.717, 1.165) is 34.6 Å². The molecule has 226 valence electrons. The van der Waals surface area contributed by atoms with Crippen LogP contribution in [-0.2, 0) is 25.7 Å². The molecule has 2 aromatic heterocycles. The molecule has 43 heavy (non-hydrogen) atoms. The fourth-order valence-corrected chi connectivity index (χ4v) is 5.23. The number of hydrogen-bond donors (Lipinski definition) is 3. The van der Waals surface area contributed by atoms with Gasteiger partial charge in [-0.3, -0.25) is 14.6 Å². The van der Waals surface area contributed by atoms with Crippen molar-refractivity contribution in [2.45, 2.75) is 44.8 Å². The van der Waals surface area contributed by atoms with Gasteiger partial charge in [0.15, 0.2) is 0 Å². The Morgan fingerprint density at radius 1 is 1.05 bits per heavy atom. The number of rotatable bonds is 12. The molecular formula is C31H32F3N5O3S. The van der Waals surface area contributed by atoms with Crippen molar-refractivity contribution in [3.63, 3.8) is 0 Å². The van der Waals surface area contributed by atoms with Gasteiger partial charge in [-0.2, -0.15) is 13.2 Å². The molecule has 0 aliphatic carbocycles. The molecule has 0 spiro atoms. The number of aromatic nitrogens is 2. The van der Waals surface area contributed by atoms with Crippen LogP contribution in [0.5, 0.6) is 0 Å². The van der Waals surface area contributed by atoms with Gasteiger partial charge < -0.3 is 20.6 Å². The molecule has 0 aliphatic rings. The molecule has 2 heterocycles. The number of benzene rings is 2. The number of thiazole rings is 1. The smallest absolute Gasteiger partial charge is 0.390 e. The summed E-state index contributed by atoms with van der Waals surface area (Å²) in [6.45, 7) is 2.19. The van der Waals surface area contributed by atoms with Crippen LogP contribution in [0.4, 0.5) is 13.2 Å². The SMILES string of the molecule is Cc1csc(CN(C)C(=O)c2cccc(C(=O)N[C@@H](Cc3ccccc3)[C@H](O)CNCc3cc(C(F)(F)F)ccn3)c2)n1. The number of alkyl halides is 3. The van der Waals surface area contributed by atoms with Crippen LogP contribution in [0.3, 0.4) is 0 Å². The highest BCUT2D eigenvalue weighted by atomic mass is 32.1. The summed E-state index contributed by atoms with van der Waals surface area (Å²) < 4.78 is 39.1. The summed E-state index contributed by atoms with van der Waals surface area (Å²) in [7, 11) is 1.67. The fourth-order valence-electron chi connectivity index (χ4n) is 4.41. The first kappa shape index (κ1) is 31.8. The van der Waals surface area contributed by atoms with Gasteiger partial charge in [-0.1, -0.05) is 36.4 Å². The van der Waals surface area contributed by atoms with Gasteiger partial charge in [-0.05, 0) is 49.2 Å². The molecule has 8 nitrogen and oxygen atoms in total. The van der Waals surface area contributed by atoms with Crippen molar-refractivity contribution >= 4 is 23.2 Å². The van der Waals surface area contributed by atoms with Crippen LogP contribution in [0.2, 0.25) is 0 Å². The van der Waals surface area contributed by atoms with E-state index >= 15 is 0 Å². The fraction of sp³-hybridized carbons (Fsp3) is 0.290. The number of pyridine rings is 1. The minimum Gasteiger partial charge on any atom is -0.390 e. The Bertz CT molecular complexity index is 1530. The van der Waals surface area contributed by atoms with Crippen molar-refractivity contribution < 1.29 is 27.9 Å². The highest BCUT2D eigenvalue weighted by molar-refractivity contribution is 7.09. The van der Waals surface area contributed by atoms with Crippen LogP contribution < -0.4 is 10.6 Å². The van der Waals surface area contributed by atoms with E-state index in [-0.39, 0.29) is 30.3 Å². The molecule has 3 N–H and O–H groups in total. The Morgan fingerprint density at radius 3 is 2.49 bits per heavy atom. The minimum absolute atomic E-state index is 0.00871. The van der Waals surface area contributed by atoms with E-state index in [2.05, 4.69) is 20.6 Å². The minimum atomic E-state index is -4.49. The van der Waals surface area contributed by atoms with Crippen molar-refractivity contribution in [3.05, 3.63) is 117 Å². The van der Waals surface area contributed by atoms with Gasteiger partial charge in [0.25, 0.3) is 11.8 Å². The number of hydrogen-bond acceptors (Lipinski definition) is 7. The molecule has 2 atom stereocenters. The van der Waals surface area contributed by atoms with Crippen molar-refractivity contribution in [2.24, 2.45) is 0 Å². The summed E-state index contributed by atoms with van der Waals surface area (Å²) in [5, 5.41) is 19.6. The first-order chi connectivity index (χ1) is 20.5. The van der Waals surface area contributed by atoms with E-state index in [0.29, 0.717) is 18.5 Å². The summed E-state index contributed by atoms with van der Waals surface area (Å²) >= 11 is 1.47. The van der Waals surface area contributed by atoms with Gasteiger partial charge in [0, 0.05) is 48.5 Å². The average molecular weight is 612 g/mol. The molecule has 0 saturated carbocycles. The Balaban J connectivity index is 1.42. The highest BCUT2D eigenvalue weighted by Crippen LogP contribution is 2.29. The van der Waals surface area contributed by atoms with Gasteiger partial charge in [-0.15, -0.1) is 11.3 Å². The van der Waals surface area contributed by atoms with Gasteiger partial charge in [0.2, 0.25) is 0 Å². The highest BCUT2D eigenvalue weighted by Gasteiger charge is 2.30. The zero-order valence-corrected chi connectivity index (χ0v) is 24.5. The van der Waals surface area contributed by atoms with Crippen LogP contribution in [0, 0.1) is 6.92 Å². The molecule has 0 aliphatic heterocycles. The topological polar surface area (TPSA) is 107 Å². The standard InChI is InChI=1S/C31H32F3N5O3S/c1-20-19-43-28(37-20)18-39(2)30(42)23-10-6-9-22(14-23)29(41)38-26(13-21-7-4-3-5-8-21)27(40)17-35-16-25-15-24(11-12-36-25)31(32,33)34/h3-12,14-15,19,26-27,35,40H,13,16-18H2,1-2H3,(H,38,41)/t26-,27+/m0/s1. The number of aryl methyl sites for hydroxylation is 1. The number of carbonyl (C=O) groups excluding carboxylic acids is 2. The van der Waals surface area contributed by atoms with Crippen molar-refractivity contribution in [1.29, 1.82) is 0 Å². The Kier molecular flexibility index (Phi) is 10.6. The number of carbonyl (C=O) groups is 2. The number of halogens is 3. The predicted octanol–water partition coefficient (Wildman–Crippen LogP) is 4.63. The first-order valence-electron chi connectivity index (χ1n) is 13.5. The van der Waals surface area contributed by atoms with Crippen LogP contribution in [-0.4, -0.2) is 57.5 Å². The average Bonchev–Trinajstić information content (AvgIpc) is 3.40. The molecule has 0 unspecified atom stereocenters. The van der Waals surface area contributed by atoms with E-state index in [4.69, 9.17) is 0 Å². The maximum absolute atomic E-state index is 13.3. The van der Waals surface area contributed by atoms with Crippen LogP contribution >= 0.6 is 11.3 Å². The summed E-state index contributed by atoms with van der Waals surface area (Å²) in [4.78, 5) is 36.3. The summed E-state index contributed by atoms with van der Waals surface area (Å²) in [6, 6.07) is 16.7. The Morgan fingerprint density at radius 2 is 1.79 bits per heavy atom. The lowest BCUT2D eigenvalue weighted by atomic mass is 10.00. The molecule has 2 aromatic carbocycles. The van der Waals surface area contributed by atoms with E-state index in [1.54, 1.807) is 25.2 Å². The van der Waals surface area contributed by atoms with E-state index < -0.39 is 29.8 Å². The molecule has 4 aromatic rings.